The Hall–Kier alpha value is -1.44. The van der Waals surface area contributed by atoms with E-state index < -0.39 is 10.0 Å². The Labute approximate surface area is 144 Å². The summed E-state index contributed by atoms with van der Waals surface area (Å²) in [7, 11) is -3.57. The molecule has 1 aliphatic rings. The summed E-state index contributed by atoms with van der Waals surface area (Å²) in [6, 6.07) is 6.10. The SMILES string of the molecule is CCCCNC(=O)c1ccc(S(=O)(=O)N2C[C@@H](C)O[C@H](C)C2)cc1. The third kappa shape index (κ3) is 4.55. The number of nitrogens with zero attached hydrogens (tertiary/aromatic N) is 1. The first-order chi connectivity index (χ1) is 11.3. The van der Waals surface area contributed by atoms with Gasteiger partial charge in [-0.05, 0) is 44.5 Å². The average Bonchev–Trinajstić information content (AvgIpc) is 2.54. The first kappa shape index (κ1) is 18.9. The van der Waals surface area contributed by atoms with Gasteiger partial charge >= 0.3 is 0 Å². The minimum Gasteiger partial charge on any atom is -0.373 e. The van der Waals surface area contributed by atoms with Crippen molar-refractivity contribution < 1.29 is 17.9 Å². The van der Waals surface area contributed by atoms with Crippen LogP contribution in [0.5, 0.6) is 0 Å². The summed E-state index contributed by atoms with van der Waals surface area (Å²) in [4.78, 5) is 12.2. The number of morpholine rings is 1. The number of hydrogen-bond acceptors (Lipinski definition) is 4. The summed E-state index contributed by atoms with van der Waals surface area (Å²) in [6.45, 7) is 7.08. The first-order valence-electron chi connectivity index (χ1n) is 8.38. The van der Waals surface area contributed by atoms with Crippen LogP contribution in [0.2, 0.25) is 0 Å². The van der Waals surface area contributed by atoms with Crippen LogP contribution < -0.4 is 5.32 Å². The van der Waals surface area contributed by atoms with E-state index in [4.69, 9.17) is 4.74 Å². The van der Waals surface area contributed by atoms with Gasteiger partial charge < -0.3 is 10.1 Å². The Bertz CT molecular complexity index is 648. The first-order valence-corrected chi connectivity index (χ1v) is 9.82. The molecule has 7 heteroatoms. The van der Waals surface area contributed by atoms with Crippen molar-refractivity contribution in [3.63, 3.8) is 0 Å². The molecule has 1 aromatic carbocycles. The lowest BCUT2D eigenvalue weighted by atomic mass is 10.2. The van der Waals surface area contributed by atoms with E-state index in [0.29, 0.717) is 25.2 Å². The number of nitrogens with one attached hydrogen (secondary N) is 1. The summed E-state index contributed by atoms with van der Waals surface area (Å²) in [5.41, 5.74) is 0.466. The fraction of sp³-hybridized carbons (Fsp3) is 0.588. The second-order valence-corrected chi connectivity index (χ2v) is 8.15. The third-order valence-corrected chi connectivity index (χ3v) is 5.80. The highest BCUT2D eigenvalue weighted by Gasteiger charge is 2.32. The van der Waals surface area contributed by atoms with Crippen LogP contribution in [-0.2, 0) is 14.8 Å². The van der Waals surface area contributed by atoms with Crippen molar-refractivity contribution in [2.45, 2.75) is 50.7 Å². The molecule has 0 saturated carbocycles. The summed E-state index contributed by atoms with van der Waals surface area (Å²) in [5.74, 6) is -0.180. The zero-order valence-corrected chi connectivity index (χ0v) is 15.3. The largest absolute Gasteiger partial charge is 0.373 e. The third-order valence-electron chi connectivity index (χ3n) is 3.96. The second-order valence-electron chi connectivity index (χ2n) is 6.21. The van der Waals surface area contributed by atoms with E-state index in [9.17, 15) is 13.2 Å². The number of sulfonamides is 1. The highest BCUT2D eigenvalue weighted by molar-refractivity contribution is 7.89. The topological polar surface area (TPSA) is 75.7 Å². The molecule has 6 nitrogen and oxygen atoms in total. The van der Waals surface area contributed by atoms with Crippen molar-refractivity contribution in [1.29, 1.82) is 0 Å². The van der Waals surface area contributed by atoms with Gasteiger partial charge in [0, 0.05) is 25.2 Å². The van der Waals surface area contributed by atoms with Crippen LogP contribution in [0.1, 0.15) is 44.0 Å². The Morgan fingerprint density at radius 3 is 2.33 bits per heavy atom. The van der Waals surface area contributed by atoms with Crippen LogP contribution in [-0.4, -0.2) is 50.5 Å². The molecule has 2 atom stereocenters. The van der Waals surface area contributed by atoms with E-state index in [-0.39, 0.29) is 23.0 Å². The number of rotatable bonds is 6. The Morgan fingerprint density at radius 1 is 1.21 bits per heavy atom. The molecule has 1 saturated heterocycles. The van der Waals surface area contributed by atoms with Crippen LogP contribution in [0.15, 0.2) is 29.2 Å². The Balaban J connectivity index is 2.10. The molecule has 1 N–H and O–H groups in total. The highest BCUT2D eigenvalue weighted by Crippen LogP contribution is 2.21. The van der Waals surface area contributed by atoms with Crippen molar-refractivity contribution in [3.05, 3.63) is 29.8 Å². The smallest absolute Gasteiger partial charge is 0.251 e. The summed E-state index contributed by atoms with van der Waals surface area (Å²) >= 11 is 0. The molecule has 0 bridgehead atoms. The number of carbonyl (C=O) groups is 1. The van der Waals surface area contributed by atoms with Crippen molar-refractivity contribution in [1.82, 2.24) is 9.62 Å². The van der Waals surface area contributed by atoms with Crippen molar-refractivity contribution in [2.75, 3.05) is 19.6 Å². The van der Waals surface area contributed by atoms with E-state index in [1.54, 1.807) is 12.1 Å². The molecular weight excluding hydrogens is 328 g/mol. The maximum Gasteiger partial charge on any atom is 0.251 e. The normalized spacial score (nSPS) is 22.3. The molecule has 1 aliphatic heterocycles. The summed E-state index contributed by atoms with van der Waals surface area (Å²) in [5, 5.41) is 2.82. The van der Waals surface area contributed by atoms with Gasteiger partial charge in [0.15, 0.2) is 0 Å². The summed E-state index contributed by atoms with van der Waals surface area (Å²) in [6.07, 6.45) is 1.67. The molecule has 1 aromatic rings. The Kier molecular flexibility index (Phi) is 6.37. The van der Waals surface area contributed by atoms with Gasteiger partial charge in [0.25, 0.3) is 5.91 Å². The van der Waals surface area contributed by atoms with Crippen molar-refractivity contribution >= 4 is 15.9 Å². The van der Waals surface area contributed by atoms with Crippen LogP contribution in [0, 0.1) is 0 Å². The number of hydrogen-bond donors (Lipinski definition) is 1. The molecule has 0 aromatic heterocycles. The van der Waals surface area contributed by atoms with E-state index in [0.717, 1.165) is 12.8 Å². The monoisotopic (exact) mass is 354 g/mol. The second kappa shape index (κ2) is 8.09. The molecule has 1 heterocycles. The molecular formula is C17H26N2O4S. The zero-order valence-electron chi connectivity index (χ0n) is 14.5. The van der Waals surface area contributed by atoms with Crippen LogP contribution in [0.4, 0.5) is 0 Å². The van der Waals surface area contributed by atoms with Crippen molar-refractivity contribution in [3.8, 4) is 0 Å². The van der Waals surface area contributed by atoms with Gasteiger partial charge in [0.05, 0.1) is 17.1 Å². The number of unbranched alkanes of at least 4 members (excludes halogenated alkanes) is 1. The van der Waals surface area contributed by atoms with Gasteiger partial charge in [-0.3, -0.25) is 4.79 Å². The lowest BCUT2D eigenvalue weighted by Crippen LogP contribution is -2.48. The zero-order chi connectivity index (χ0) is 17.7. The van der Waals surface area contributed by atoms with Gasteiger partial charge in [-0.2, -0.15) is 4.31 Å². The highest BCUT2D eigenvalue weighted by atomic mass is 32.2. The average molecular weight is 354 g/mol. The summed E-state index contributed by atoms with van der Waals surface area (Å²) < 4.78 is 32.5. The maximum atomic E-state index is 12.7. The van der Waals surface area contributed by atoms with Crippen LogP contribution in [0.25, 0.3) is 0 Å². The van der Waals surface area contributed by atoms with E-state index in [2.05, 4.69) is 12.2 Å². The number of benzene rings is 1. The molecule has 1 fully saturated rings. The molecule has 24 heavy (non-hydrogen) atoms. The minimum absolute atomic E-state index is 0.132. The minimum atomic E-state index is -3.57. The van der Waals surface area contributed by atoms with Gasteiger partial charge in [-0.15, -0.1) is 0 Å². The van der Waals surface area contributed by atoms with E-state index in [1.807, 2.05) is 13.8 Å². The molecule has 0 radical (unpaired) electrons. The maximum absolute atomic E-state index is 12.7. The molecule has 1 amide bonds. The fourth-order valence-corrected chi connectivity index (χ4v) is 4.33. The van der Waals surface area contributed by atoms with Gasteiger partial charge in [-0.25, -0.2) is 8.42 Å². The van der Waals surface area contributed by atoms with Gasteiger partial charge in [0.2, 0.25) is 10.0 Å². The standard InChI is InChI=1S/C17H26N2O4S/c1-4-5-10-18-17(20)15-6-8-16(9-7-15)24(21,22)19-11-13(2)23-14(3)12-19/h6-9,13-14H,4-5,10-12H2,1-3H3,(H,18,20)/t13-,14-/m1/s1. The number of ether oxygens (including phenoxy) is 1. The predicted molar refractivity (Wildman–Crippen MR) is 92.5 cm³/mol. The Morgan fingerprint density at radius 2 is 1.79 bits per heavy atom. The molecule has 0 spiro atoms. The van der Waals surface area contributed by atoms with Gasteiger partial charge in [0.1, 0.15) is 0 Å². The van der Waals surface area contributed by atoms with E-state index >= 15 is 0 Å². The van der Waals surface area contributed by atoms with Crippen molar-refractivity contribution in [2.24, 2.45) is 0 Å². The fourth-order valence-electron chi connectivity index (χ4n) is 2.74. The molecule has 2 rings (SSSR count). The number of amides is 1. The van der Waals surface area contributed by atoms with Crippen LogP contribution >= 0.6 is 0 Å². The lowest BCUT2D eigenvalue weighted by molar-refractivity contribution is -0.0440. The van der Waals surface area contributed by atoms with Crippen LogP contribution in [0.3, 0.4) is 0 Å². The predicted octanol–water partition coefficient (Wildman–Crippen LogP) is 2.01. The molecule has 0 aliphatic carbocycles. The number of carbonyl (C=O) groups excluding carboxylic acids is 1. The molecule has 0 unspecified atom stereocenters. The van der Waals surface area contributed by atoms with E-state index in [1.165, 1.54) is 16.4 Å². The quantitative estimate of drug-likeness (QED) is 0.793. The molecule has 134 valence electrons. The lowest BCUT2D eigenvalue weighted by Gasteiger charge is -2.34. The van der Waals surface area contributed by atoms with Gasteiger partial charge in [-0.1, -0.05) is 13.3 Å².